The Balaban J connectivity index is 2.34. The first-order valence-electron chi connectivity index (χ1n) is 6.04. The van der Waals surface area contributed by atoms with Gasteiger partial charge in [0, 0.05) is 11.8 Å². The fraction of sp³-hybridized carbons (Fsp3) is 0.267. The number of aromatic nitrogens is 1. The van der Waals surface area contributed by atoms with Crippen molar-refractivity contribution in [1.82, 2.24) is 4.57 Å². The van der Waals surface area contributed by atoms with Crippen LogP contribution in [-0.2, 0) is 13.0 Å². The third-order valence-electron chi connectivity index (χ3n) is 2.83. The van der Waals surface area contributed by atoms with Crippen LogP contribution in [0.4, 0.5) is 0 Å². The molecular weight excluding hydrogens is 210 g/mol. The molecule has 2 aromatic rings. The molecule has 2 rings (SSSR count). The Bertz CT molecular complexity index is 528. The van der Waals surface area contributed by atoms with Crippen molar-refractivity contribution in [3.05, 3.63) is 70.1 Å². The van der Waals surface area contributed by atoms with Gasteiger partial charge in [-0.2, -0.15) is 0 Å². The predicted molar refractivity (Wildman–Crippen MR) is 70.2 cm³/mol. The maximum atomic E-state index is 11.9. The van der Waals surface area contributed by atoms with E-state index >= 15 is 0 Å². The minimum Gasteiger partial charge on any atom is -0.308 e. The first-order valence-corrected chi connectivity index (χ1v) is 6.04. The summed E-state index contributed by atoms with van der Waals surface area (Å²) in [5.74, 6) is 0. The second-order valence-electron chi connectivity index (χ2n) is 4.18. The second kappa shape index (κ2) is 5.48. The monoisotopic (exact) mass is 227 g/mol. The van der Waals surface area contributed by atoms with E-state index in [9.17, 15) is 4.79 Å². The molecule has 0 amide bonds. The lowest BCUT2D eigenvalue weighted by molar-refractivity contribution is 0.687. The molecule has 1 heterocycles. The molecule has 88 valence electrons. The van der Waals surface area contributed by atoms with E-state index in [1.807, 2.05) is 34.9 Å². The lowest BCUT2D eigenvalue weighted by Crippen LogP contribution is -2.22. The smallest absolute Gasteiger partial charge is 0.251 e. The van der Waals surface area contributed by atoms with Gasteiger partial charge in [-0.15, -0.1) is 0 Å². The van der Waals surface area contributed by atoms with Gasteiger partial charge in [0.2, 0.25) is 0 Å². The number of nitrogens with zero attached hydrogens (tertiary/aromatic N) is 1. The molecule has 0 fully saturated rings. The van der Waals surface area contributed by atoms with Crippen molar-refractivity contribution in [2.75, 3.05) is 0 Å². The number of benzene rings is 1. The van der Waals surface area contributed by atoms with E-state index in [0.29, 0.717) is 6.54 Å². The van der Waals surface area contributed by atoms with Crippen LogP contribution in [0.15, 0.2) is 53.3 Å². The zero-order valence-electron chi connectivity index (χ0n) is 10.1. The maximum absolute atomic E-state index is 11.9. The van der Waals surface area contributed by atoms with E-state index in [4.69, 9.17) is 0 Å². The van der Waals surface area contributed by atoms with Gasteiger partial charge in [-0.25, -0.2) is 0 Å². The fourth-order valence-corrected chi connectivity index (χ4v) is 1.98. The Morgan fingerprint density at radius 1 is 1.00 bits per heavy atom. The van der Waals surface area contributed by atoms with Crippen LogP contribution in [0.25, 0.3) is 0 Å². The second-order valence-corrected chi connectivity index (χ2v) is 4.18. The third kappa shape index (κ3) is 2.84. The van der Waals surface area contributed by atoms with Crippen LogP contribution in [0.1, 0.15) is 24.6 Å². The van der Waals surface area contributed by atoms with Gasteiger partial charge in [0.15, 0.2) is 0 Å². The van der Waals surface area contributed by atoms with E-state index in [1.54, 1.807) is 6.07 Å². The summed E-state index contributed by atoms with van der Waals surface area (Å²) in [7, 11) is 0. The molecule has 0 spiro atoms. The summed E-state index contributed by atoms with van der Waals surface area (Å²) in [5.41, 5.74) is 2.36. The summed E-state index contributed by atoms with van der Waals surface area (Å²) in [6.45, 7) is 2.79. The van der Waals surface area contributed by atoms with Crippen molar-refractivity contribution in [2.24, 2.45) is 0 Å². The molecular formula is C15H17NO. The Morgan fingerprint density at radius 3 is 2.47 bits per heavy atom. The van der Waals surface area contributed by atoms with Crippen molar-refractivity contribution in [3.8, 4) is 0 Å². The zero-order valence-corrected chi connectivity index (χ0v) is 10.1. The minimum absolute atomic E-state index is 0.0832. The van der Waals surface area contributed by atoms with Gasteiger partial charge in [0.1, 0.15) is 0 Å². The van der Waals surface area contributed by atoms with Crippen LogP contribution in [-0.4, -0.2) is 4.57 Å². The van der Waals surface area contributed by atoms with Crippen LogP contribution < -0.4 is 5.56 Å². The normalized spacial score (nSPS) is 10.4. The average molecular weight is 227 g/mol. The highest BCUT2D eigenvalue weighted by Crippen LogP contribution is 2.05. The molecule has 0 unspecified atom stereocenters. The van der Waals surface area contributed by atoms with E-state index < -0.39 is 0 Å². The van der Waals surface area contributed by atoms with Crippen molar-refractivity contribution < 1.29 is 0 Å². The minimum atomic E-state index is 0.0832. The van der Waals surface area contributed by atoms with Crippen molar-refractivity contribution in [2.45, 2.75) is 26.3 Å². The van der Waals surface area contributed by atoms with Crippen LogP contribution >= 0.6 is 0 Å². The van der Waals surface area contributed by atoms with Gasteiger partial charge in [-0.1, -0.05) is 49.7 Å². The molecule has 1 aromatic carbocycles. The van der Waals surface area contributed by atoms with Gasteiger partial charge >= 0.3 is 0 Å². The van der Waals surface area contributed by atoms with Crippen LogP contribution in [0.3, 0.4) is 0 Å². The van der Waals surface area contributed by atoms with Crippen molar-refractivity contribution >= 4 is 0 Å². The highest BCUT2D eigenvalue weighted by molar-refractivity contribution is 5.17. The first kappa shape index (κ1) is 11.6. The molecule has 0 N–H and O–H groups in total. The number of aryl methyl sites for hydroxylation is 1. The number of rotatable bonds is 4. The lowest BCUT2D eigenvalue weighted by atomic mass is 10.2. The number of hydrogen-bond acceptors (Lipinski definition) is 1. The Hall–Kier alpha value is -1.83. The van der Waals surface area contributed by atoms with Gasteiger partial charge in [0.05, 0.1) is 6.54 Å². The topological polar surface area (TPSA) is 22.0 Å². The molecule has 0 bridgehead atoms. The standard InChI is InChI=1S/C15H17NO/c1-2-7-14-10-6-11-15(17)16(14)12-13-8-4-3-5-9-13/h3-6,8-11H,2,7,12H2,1H3. The Labute approximate surface area is 102 Å². The van der Waals surface area contributed by atoms with E-state index in [1.165, 1.54) is 0 Å². The number of pyridine rings is 1. The summed E-state index contributed by atoms with van der Waals surface area (Å²) in [6, 6.07) is 15.6. The van der Waals surface area contributed by atoms with Crippen molar-refractivity contribution in [1.29, 1.82) is 0 Å². The molecule has 2 heteroatoms. The molecule has 0 atom stereocenters. The van der Waals surface area contributed by atoms with Gasteiger partial charge < -0.3 is 4.57 Å². The first-order chi connectivity index (χ1) is 8.31. The Morgan fingerprint density at radius 2 is 1.76 bits per heavy atom. The molecule has 1 aromatic heterocycles. The maximum Gasteiger partial charge on any atom is 0.251 e. The van der Waals surface area contributed by atoms with Crippen LogP contribution in [0.5, 0.6) is 0 Å². The summed E-state index contributed by atoms with van der Waals surface area (Å²) in [4.78, 5) is 11.9. The van der Waals surface area contributed by atoms with E-state index in [2.05, 4.69) is 19.1 Å². The molecule has 0 saturated carbocycles. The number of hydrogen-bond donors (Lipinski definition) is 0. The summed E-state index contributed by atoms with van der Waals surface area (Å²) >= 11 is 0. The zero-order chi connectivity index (χ0) is 12.1. The van der Waals surface area contributed by atoms with E-state index in [0.717, 1.165) is 24.1 Å². The largest absolute Gasteiger partial charge is 0.308 e. The highest BCUT2D eigenvalue weighted by atomic mass is 16.1. The third-order valence-corrected chi connectivity index (χ3v) is 2.83. The highest BCUT2D eigenvalue weighted by Gasteiger charge is 2.03. The predicted octanol–water partition coefficient (Wildman–Crippen LogP) is 2.85. The molecule has 0 saturated heterocycles. The molecule has 0 aliphatic heterocycles. The van der Waals surface area contributed by atoms with Gasteiger partial charge in [-0.05, 0) is 18.1 Å². The fourth-order valence-electron chi connectivity index (χ4n) is 1.98. The van der Waals surface area contributed by atoms with Crippen molar-refractivity contribution in [3.63, 3.8) is 0 Å². The molecule has 0 radical (unpaired) electrons. The summed E-state index contributed by atoms with van der Waals surface area (Å²) in [5, 5.41) is 0. The average Bonchev–Trinajstić information content (AvgIpc) is 2.35. The Kier molecular flexibility index (Phi) is 3.76. The van der Waals surface area contributed by atoms with E-state index in [-0.39, 0.29) is 5.56 Å². The summed E-state index contributed by atoms with van der Waals surface area (Å²) < 4.78 is 1.86. The quantitative estimate of drug-likeness (QED) is 0.787. The molecule has 0 aliphatic carbocycles. The summed E-state index contributed by atoms with van der Waals surface area (Å²) in [6.07, 6.45) is 2.00. The lowest BCUT2D eigenvalue weighted by Gasteiger charge is -2.11. The molecule has 17 heavy (non-hydrogen) atoms. The van der Waals surface area contributed by atoms with Crippen LogP contribution in [0, 0.1) is 0 Å². The van der Waals surface area contributed by atoms with Gasteiger partial charge in [-0.3, -0.25) is 4.79 Å². The SMILES string of the molecule is CCCc1cccc(=O)n1Cc1ccccc1. The van der Waals surface area contributed by atoms with Crippen LogP contribution in [0.2, 0.25) is 0 Å². The van der Waals surface area contributed by atoms with Gasteiger partial charge in [0.25, 0.3) is 5.56 Å². The molecule has 2 nitrogen and oxygen atoms in total. The molecule has 0 aliphatic rings.